The van der Waals surface area contributed by atoms with Gasteiger partial charge in [0.25, 0.3) is 11.6 Å². The number of benzene rings is 1. The Balaban J connectivity index is 1.54. The highest BCUT2D eigenvalue weighted by Crippen LogP contribution is 2.32. The van der Waals surface area contributed by atoms with Crippen LogP contribution in [0.15, 0.2) is 47.2 Å². The van der Waals surface area contributed by atoms with Gasteiger partial charge in [0.1, 0.15) is 9.88 Å². The number of amides is 1. The average Bonchev–Trinajstić information content (AvgIpc) is 3.42. The second-order valence-corrected chi connectivity index (χ2v) is 8.52. The zero-order chi connectivity index (χ0) is 19.7. The number of hydrogen-bond donors (Lipinski definition) is 1. The number of thiophene rings is 1. The smallest absolute Gasteiger partial charge is 0.270 e. The molecule has 3 aromatic heterocycles. The Kier molecular flexibility index (Phi) is 4.99. The number of hydrogen-bond acceptors (Lipinski definition) is 8. The first kappa shape index (κ1) is 18.4. The van der Waals surface area contributed by atoms with E-state index in [-0.39, 0.29) is 11.6 Å². The summed E-state index contributed by atoms with van der Waals surface area (Å²) in [5.41, 5.74) is 1.86. The molecular formula is C18H12N4O3S3. The molecular weight excluding hydrogens is 416 g/mol. The van der Waals surface area contributed by atoms with Gasteiger partial charge < -0.3 is 0 Å². The van der Waals surface area contributed by atoms with E-state index in [1.54, 1.807) is 35.8 Å². The van der Waals surface area contributed by atoms with Gasteiger partial charge in [-0.05, 0) is 18.4 Å². The first-order chi connectivity index (χ1) is 13.5. The van der Waals surface area contributed by atoms with Crippen LogP contribution in [0.2, 0.25) is 0 Å². The van der Waals surface area contributed by atoms with E-state index < -0.39 is 4.92 Å². The topological polar surface area (TPSA) is 98.0 Å². The van der Waals surface area contributed by atoms with Crippen molar-refractivity contribution in [1.29, 1.82) is 0 Å². The van der Waals surface area contributed by atoms with E-state index in [1.807, 2.05) is 17.5 Å². The fourth-order valence-electron chi connectivity index (χ4n) is 2.51. The normalized spacial score (nSPS) is 10.8. The van der Waals surface area contributed by atoms with E-state index >= 15 is 0 Å². The number of carbonyl (C=O) groups is 1. The maximum atomic E-state index is 12.6. The van der Waals surface area contributed by atoms with E-state index in [0.29, 0.717) is 27.0 Å². The minimum absolute atomic E-state index is 0.00234. The molecule has 0 unspecified atom stereocenters. The molecule has 0 radical (unpaired) electrons. The zero-order valence-electron chi connectivity index (χ0n) is 14.4. The molecule has 0 atom stereocenters. The van der Waals surface area contributed by atoms with Crippen LogP contribution in [-0.2, 0) is 0 Å². The molecule has 0 bridgehead atoms. The number of aromatic nitrogens is 2. The predicted octanol–water partition coefficient (Wildman–Crippen LogP) is 5.46. The quantitative estimate of drug-likeness (QED) is 0.336. The average molecular weight is 429 g/mol. The molecule has 0 aliphatic carbocycles. The summed E-state index contributed by atoms with van der Waals surface area (Å²) in [4.78, 5) is 33.6. The molecule has 1 N–H and O–H groups in total. The lowest BCUT2D eigenvalue weighted by molar-refractivity contribution is -0.384. The third-order valence-electron chi connectivity index (χ3n) is 3.81. The molecule has 10 heteroatoms. The number of anilines is 1. The Morgan fingerprint density at radius 1 is 1.18 bits per heavy atom. The van der Waals surface area contributed by atoms with Crippen molar-refractivity contribution in [2.75, 3.05) is 5.32 Å². The van der Waals surface area contributed by atoms with Crippen LogP contribution in [0, 0.1) is 17.0 Å². The highest BCUT2D eigenvalue weighted by molar-refractivity contribution is 7.22. The van der Waals surface area contributed by atoms with Crippen molar-refractivity contribution in [2.45, 2.75) is 6.92 Å². The number of nitro groups is 1. The molecule has 0 saturated heterocycles. The van der Waals surface area contributed by atoms with Crippen molar-refractivity contribution in [3.63, 3.8) is 0 Å². The zero-order valence-corrected chi connectivity index (χ0v) is 16.9. The Morgan fingerprint density at radius 2 is 2.04 bits per heavy atom. The van der Waals surface area contributed by atoms with Crippen LogP contribution >= 0.6 is 34.0 Å². The van der Waals surface area contributed by atoms with Gasteiger partial charge in [-0.2, -0.15) is 0 Å². The number of nitrogens with one attached hydrogen (secondary N) is 1. The fraction of sp³-hybridized carbons (Fsp3) is 0.0556. The lowest BCUT2D eigenvalue weighted by Crippen LogP contribution is -2.11. The first-order valence-electron chi connectivity index (χ1n) is 8.04. The van der Waals surface area contributed by atoms with E-state index in [0.717, 1.165) is 9.88 Å². The number of rotatable bonds is 5. The number of non-ortho nitro benzene ring substituents is 1. The van der Waals surface area contributed by atoms with Gasteiger partial charge in [-0.3, -0.25) is 20.2 Å². The molecule has 0 spiro atoms. The predicted molar refractivity (Wildman–Crippen MR) is 112 cm³/mol. The van der Waals surface area contributed by atoms with Crippen molar-refractivity contribution in [2.24, 2.45) is 0 Å². The summed E-state index contributed by atoms with van der Waals surface area (Å²) < 4.78 is 0. The standard InChI is InChI=1S/C18H12N4O3S3/c1-10-15(28-17(19-10)14-6-3-7-26-14)16(23)21-18-20-13(9-27-18)11-4-2-5-12(8-11)22(24)25/h2-9H,1H3,(H,20,21,23). The molecule has 28 heavy (non-hydrogen) atoms. The molecule has 1 amide bonds. The molecule has 1 aromatic carbocycles. The van der Waals surface area contributed by atoms with Crippen LogP contribution in [0.1, 0.15) is 15.4 Å². The number of nitrogens with zero attached hydrogens (tertiary/aromatic N) is 3. The number of carbonyl (C=O) groups excluding carboxylic acids is 1. The third kappa shape index (κ3) is 3.70. The van der Waals surface area contributed by atoms with Crippen LogP contribution in [0.3, 0.4) is 0 Å². The molecule has 0 fully saturated rings. The van der Waals surface area contributed by atoms with Gasteiger partial charge in [-0.25, -0.2) is 9.97 Å². The number of nitro benzene ring substituents is 1. The Bertz CT molecular complexity index is 1160. The van der Waals surface area contributed by atoms with Gasteiger partial charge in [0, 0.05) is 23.1 Å². The third-order valence-corrected chi connectivity index (χ3v) is 6.77. The lowest BCUT2D eigenvalue weighted by Gasteiger charge is -1.99. The number of thiazole rings is 2. The summed E-state index contributed by atoms with van der Waals surface area (Å²) in [7, 11) is 0. The molecule has 0 aliphatic rings. The first-order valence-corrected chi connectivity index (χ1v) is 10.6. The summed E-state index contributed by atoms with van der Waals surface area (Å²) in [5.74, 6) is -0.266. The van der Waals surface area contributed by atoms with Gasteiger partial charge in [0.2, 0.25) is 0 Å². The van der Waals surface area contributed by atoms with Crippen molar-refractivity contribution >= 4 is 50.7 Å². The van der Waals surface area contributed by atoms with Crippen LogP contribution < -0.4 is 5.32 Å². The summed E-state index contributed by atoms with van der Waals surface area (Å²) in [5, 5.41) is 18.7. The van der Waals surface area contributed by atoms with Crippen LogP contribution in [0.4, 0.5) is 10.8 Å². The molecule has 0 aliphatic heterocycles. The minimum atomic E-state index is -0.448. The summed E-state index contributed by atoms with van der Waals surface area (Å²) >= 11 is 4.18. The van der Waals surface area contributed by atoms with Gasteiger partial charge in [-0.1, -0.05) is 18.2 Å². The van der Waals surface area contributed by atoms with E-state index in [4.69, 9.17) is 0 Å². The maximum Gasteiger partial charge on any atom is 0.270 e. The minimum Gasteiger partial charge on any atom is -0.297 e. The highest BCUT2D eigenvalue weighted by Gasteiger charge is 2.18. The Labute approximate surface area is 171 Å². The van der Waals surface area contributed by atoms with Crippen molar-refractivity contribution < 1.29 is 9.72 Å². The Morgan fingerprint density at radius 3 is 2.79 bits per heavy atom. The van der Waals surface area contributed by atoms with Crippen molar-refractivity contribution in [3.05, 3.63) is 67.8 Å². The van der Waals surface area contributed by atoms with Crippen LogP contribution in [-0.4, -0.2) is 20.8 Å². The molecule has 3 heterocycles. The summed E-state index contributed by atoms with van der Waals surface area (Å²) in [6, 6.07) is 10.2. The fourth-order valence-corrected chi connectivity index (χ4v) is 4.98. The monoisotopic (exact) mass is 428 g/mol. The molecule has 4 aromatic rings. The maximum absolute atomic E-state index is 12.6. The van der Waals surface area contributed by atoms with Gasteiger partial charge in [0.15, 0.2) is 5.13 Å². The highest BCUT2D eigenvalue weighted by atomic mass is 32.1. The van der Waals surface area contributed by atoms with Gasteiger partial charge in [0.05, 0.1) is 21.2 Å². The van der Waals surface area contributed by atoms with Gasteiger partial charge in [-0.15, -0.1) is 34.0 Å². The molecule has 7 nitrogen and oxygen atoms in total. The Hall–Kier alpha value is -2.95. The van der Waals surface area contributed by atoms with E-state index in [2.05, 4.69) is 15.3 Å². The second-order valence-electron chi connectivity index (χ2n) is 5.71. The van der Waals surface area contributed by atoms with E-state index in [9.17, 15) is 14.9 Å². The molecule has 4 rings (SSSR count). The number of aryl methyl sites for hydroxylation is 1. The van der Waals surface area contributed by atoms with Crippen LogP contribution in [0.25, 0.3) is 21.1 Å². The second kappa shape index (κ2) is 7.58. The lowest BCUT2D eigenvalue weighted by atomic mass is 10.1. The van der Waals surface area contributed by atoms with Crippen molar-refractivity contribution in [1.82, 2.24) is 9.97 Å². The molecule has 0 saturated carbocycles. The summed E-state index contributed by atoms with van der Waals surface area (Å²) in [6.45, 7) is 1.80. The molecule has 140 valence electrons. The summed E-state index contributed by atoms with van der Waals surface area (Å²) in [6.07, 6.45) is 0. The van der Waals surface area contributed by atoms with Gasteiger partial charge >= 0.3 is 0 Å². The largest absolute Gasteiger partial charge is 0.297 e. The SMILES string of the molecule is Cc1nc(-c2cccs2)sc1C(=O)Nc1nc(-c2cccc([N+](=O)[O-])c2)cs1. The van der Waals surface area contributed by atoms with Crippen LogP contribution in [0.5, 0.6) is 0 Å². The van der Waals surface area contributed by atoms with E-state index in [1.165, 1.54) is 34.8 Å². The van der Waals surface area contributed by atoms with Crippen molar-refractivity contribution in [3.8, 4) is 21.1 Å².